The van der Waals surface area contributed by atoms with Crippen LogP contribution in [0.1, 0.15) is 16.7 Å². The molecule has 1 heterocycles. The van der Waals surface area contributed by atoms with Crippen LogP contribution < -0.4 is 5.32 Å². The molecule has 2 aromatic rings. The molecule has 0 bridgehead atoms. The third kappa shape index (κ3) is 5.20. The molecule has 0 atom stereocenters. The van der Waals surface area contributed by atoms with E-state index in [0.29, 0.717) is 13.2 Å². The van der Waals surface area contributed by atoms with Gasteiger partial charge in [-0.05, 0) is 28.8 Å². The van der Waals surface area contributed by atoms with Crippen LogP contribution in [0.4, 0.5) is 0 Å². The highest BCUT2D eigenvalue weighted by atomic mass is 16.5. The van der Waals surface area contributed by atoms with Crippen molar-refractivity contribution in [2.24, 2.45) is 0 Å². The number of rotatable bonds is 6. The Hall–Kier alpha value is -2.46. The zero-order chi connectivity index (χ0) is 14.9. The van der Waals surface area contributed by atoms with E-state index < -0.39 is 0 Å². The highest BCUT2D eigenvalue weighted by Crippen LogP contribution is 2.05. The summed E-state index contributed by atoms with van der Waals surface area (Å²) in [6, 6.07) is 11.7. The molecule has 0 aliphatic carbocycles. The van der Waals surface area contributed by atoms with E-state index in [-0.39, 0.29) is 5.91 Å². The molecule has 108 valence electrons. The van der Waals surface area contributed by atoms with E-state index in [0.717, 1.165) is 16.7 Å². The number of nitrogens with zero attached hydrogens (tertiary/aromatic N) is 1. The third-order valence-electron chi connectivity index (χ3n) is 2.91. The highest BCUT2D eigenvalue weighted by molar-refractivity contribution is 5.91. The third-order valence-corrected chi connectivity index (χ3v) is 2.91. The molecule has 0 saturated carbocycles. The Morgan fingerprint density at radius 1 is 1.24 bits per heavy atom. The van der Waals surface area contributed by atoms with Crippen molar-refractivity contribution in [3.8, 4) is 0 Å². The zero-order valence-electron chi connectivity index (χ0n) is 12.0. The Labute approximate surface area is 124 Å². The van der Waals surface area contributed by atoms with E-state index in [1.807, 2.05) is 36.4 Å². The molecule has 0 aliphatic rings. The first-order valence-electron chi connectivity index (χ1n) is 6.70. The summed E-state index contributed by atoms with van der Waals surface area (Å²) >= 11 is 0. The van der Waals surface area contributed by atoms with Crippen molar-refractivity contribution in [3.63, 3.8) is 0 Å². The maximum atomic E-state index is 11.7. The number of hydrogen-bond donors (Lipinski definition) is 1. The van der Waals surface area contributed by atoms with E-state index in [4.69, 9.17) is 4.74 Å². The van der Waals surface area contributed by atoms with E-state index >= 15 is 0 Å². The van der Waals surface area contributed by atoms with Crippen molar-refractivity contribution in [1.82, 2.24) is 10.3 Å². The SMILES string of the molecule is COCc1ccc(CNC(=O)C=Cc2cccnc2)cc1. The number of carbonyl (C=O) groups excluding carboxylic acids is 1. The number of carbonyl (C=O) groups is 1. The van der Waals surface area contributed by atoms with E-state index in [1.165, 1.54) is 6.08 Å². The minimum absolute atomic E-state index is 0.125. The summed E-state index contributed by atoms with van der Waals surface area (Å²) in [5, 5.41) is 2.84. The van der Waals surface area contributed by atoms with Gasteiger partial charge in [0, 0.05) is 32.1 Å². The molecule has 0 aliphatic heterocycles. The maximum absolute atomic E-state index is 11.7. The van der Waals surface area contributed by atoms with Crippen LogP contribution in [0.5, 0.6) is 0 Å². The Morgan fingerprint density at radius 2 is 2.00 bits per heavy atom. The van der Waals surface area contributed by atoms with Crippen LogP contribution >= 0.6 is 0 Å². The molecule has 4 nitrogen and oxygen atoms in total. The fourth-order valence-corrected chi connectivity index (χ4v) is 1.81. The lowest BCUT2D eigenvalue weighted by atomic mass is 10.1. The molecular weight excluding hydrogens is 264 g/mol. The Kier molecular flexibility index (Phi) is 5.67. The first-order valence-corrected chi connectivity index (χ1v) is 6.70. The number of pyridine rings is 1. The van der Waals surface area contributed by atoms with Crippen molar-refractivity contribution in [3.05, 3.63) is 71.6 Å². The molecule has 0 radical (unpaired) electrons. The summed E-state index contributed by atoms with van der Waals surface area (Å²) in [5.74, 6) is -0.125. The summed E-state index contributed by atoms with van der Waals surface area (Å²) in [7, 11) is 1.67. The number of hydrogen-bond acceptors (Lipinski definition) is 3. The summed E-state index contributed by atoms with van der Waals surface area (Å²) in [5.41, 5.74) is 3.07. The monoisotopic (exact) mass is 282 g/mol. The fraction of sp³-hybridized carbons (Fsp3) is 0.176. The van der Waals surface area contributed by atoms with Gasteiger partial charge in [0.25, 0.3) is 0 Å². The average molecular weight is 282 g/mol. The molecule has 0 unspecified atom stereocenters. The topological polar surface area (TPSA) is 51.2 Å². The summed E-state index contributed by atoms with van der Waals surface area (Å²) in [6.07, 6.45) is 6.66. The molecule has 0 saturated heterocycles. The predicted molar refractivity (Wildman–Crippen MR) is 82.3 cm³/mol. The molecule has 1 amide bonds. The molecule has 21 heavy (non-hydrogen) atoms. The van der Waals surface area contributed by atoms with E-state index in [9.17, 15) is 4.79 Å². The van der Waals surface area contributed by atoms with Gasteiger partial charge in [-0.3, -0.25) is 9.78 Å². The first-order chi connectivity index (χ1) is 10.3. The molecule has 2 rings (SSSR count). The normalized spacial score (nSPS) is 10.7. The lowest BCUT2D eigenvalue weighted by Gasteiger charge is -2.04. The molecular formula is C17H18N2O2. The summed E-state index contributed by atoms with van der Waals surface area (Å²) in [6.45, 7) is 1.10. The largest absolute Gasteiger partial charge is 0.380 e. The van der Waals surface area contributed by atoms with Gasteiger partial charge in [0.15, 0.2) is 0 Å². The van der Waals surface area contributed by atoms with Gasteiger partial charge in [-0.15, -0.1) is 0 Å². The molecule has 4 heteroatoms. The minimum Gasteiger partial charge on any atom is -0.380 e. The van der Waals surface area contributed by atoms with Crippen molar-refractivity contribution in [1.29, 1.82) is 0 Å². The first kappa shape index (κ1) is 14.9. The molecule has 0 fully saturated rings. The lowest BCUT2D eigenvalue weighted by Crippen LogP contribution is -2.20. The molecule has 1 aromatic heterocycles. The Morgan fingerprint density at radius 3 is 2.67 bits per heavy atom. The second-order valence-electron chi connectivity index (χ2n) is 4.59. The average Bonchev–Trinajstić information content (AvgIpc) is 2.53. The number of aromatic nitrogens is 1. The Balaban J connectivity index is 1.82. The highest BCUT2D eigenvalue weighted by Gasteiger charge is 1.98. The molecule has 0 spiro atoms. The summed E-state index contributed by atoms with van der Waals surface area (Å²) in [4.78, 5) is 15.7. The number of amides is 1. The molecule has 1 aromatic carbocycles. The molecule has 1 N–H and O–H groups in total. The van der Waals surface area contributed by atoms with E-state index in [1.54, 1.807) is 25.6 Å². The van der Waals surface area contributed by atoms with Gasteiger partial charge >= 0.3 is 0 Å². The van der Waals surface area contributed by atoms with Gasteiger partial charge in [0.05, 0.1) is 6.61 Å². The number of benzene rings is 1. The number of ether oxygens (including phenoxy) is 1. The van der Waals surface area contributed by atoms with Crippen LogP contribution in [0.25, 0.3) is 6.08 Å². The van der Waals surface area contributed by atoms with Gasteiger partial charge in [-0.1, -0.05) is 30.3 Å². The summed E-state index contributed by atoms with van der Waals surface area (Å²) < 4.78 is 5.06. The smallest absolute Gasteiger partial charge is 0.244 e. The lowest BCUT2D eigenvalue weighted by molar-refractivity contribution is -0.116. The van der Waals surface area contributed by atoms with Crippen LogP contribution in [0.2, 0.25) is 0 Å². The van der Waals surface area contributed by atoms with E-state index in [2.05, 4.69) is 10.3 Å². The number of nitrogens with one attached hydrogen (secondary N) is 1. The predicted octanol–water partition coefficient (Wildman–Crippen LogP) is 2.56. The number of methoxy groups -OCH3 is 1. The van der Waals surface area contributed by atoms with Gasteiger partial charge in [0.2, 0.25) is 5.91 Å². The van der Waals surface area contributed by atoms with Crippen LogP contribution in [0, 0.1) is 0 Å². The fourth-order valence-electron chi connectivity index (χ4n) is 1.81. The minimum atomic E-state index is -0.125. The van der Waals surface area contributed by atoms with Crippen molar-refractivity contribution < 1.29 is 9.53 Å². The van der Waals surface area contributed by atoms with Gasteiger partial charge in [-0.2, -0.15) is 0 Å². The quantitative estimate of drug-likeness (QED) is 0.828. The zero-order valence-corrected chi connectivity index (χ0v) is 12.0. The second-order valence-corrected chi connectivity index (χ2v) is 4.59. The van der Waals surface area contributed by atoms with Crippen LogP contribution in [0.3, 0.4) is 0 Å². The van der Waals surface area contributed by atoms with Crippen molar-refractivity contribution >= 4 is 12.0 Å². The standard InChI is InChI=1S/C17H18N2O2/c1-21-13-16-6-4-15(5-7-16)12-19-17(20)9-8-14-3-2-10-18-11-14/h2-11H,12-13H2,1H3,(H,19,20). The van der Waals surface area contributed by atoms with Crippen molar-refractivity contribution in [2.45, 2.75) is 13.2 Å². The van der Waals surface area contributed by atoms with Gasteiger partial charge in [-0.25, -0.2) is 0 Å². The van der Waals surface area contributed by atoms with Crippen LogP contribution in [-0.2, 0) is 22.7 Å². The van der Waals surface area contributed by atoms with Gasteiger partial charge < -0.3 is 10.1 Å². The van der Waals surface area contributed by atoms with Crippen molar-refractivity contribution in [2.75, 3.05) is 7.11 Å². The second kappa shape index (κ2) is 7.97. The van der Waals surface area contributed by atoms with Crippen LogP contribution in [-0.4, -0.2) is 18.0 Å². The van der Waals surface area contributed by atoms with Gasteiger partial charge in [0.1, 0.15) is 0 Å². The Bertz CT molecular complexity index is 592. The van der Waals surface area contributed by atoms with Crippen LogP contribution in [0.15, 0.2) is 54.9 Å². The maximum Gasteiger partial charge on any atom is 0.244 e.